The predicted molar refractivity (Wildman–Crippen MR) is 118 cm³/mol. The molecule has 154 valence electrons. The molecule has 0 aliphatic rings. The van der Waals surface area contributed by atoms with Gasteiger partial charge in [-0.2, -0.15) is 0 Å². The molecule has 0 aliphatic carbocycles. The van der Waals surface area contributed by atoms with E-state index in [2.05, 4.69) is 0 Å². The topological polar surface area (TPSA) is 94.8 Å². The van der Waals surface area contributed by atoms with E-state index in [1.54, 1.807) is 48.5 Å². The van der Waals surface area contributed by atoms with Gasteiger partial charge in [0.25, 0.3) is 0 Å². The Bertz CT molecular complexity index is 1170. The summed E-state index contributed by atoms with van der Waals surface area (Å²) in [6, 6.07) is 27.9. The molecule has 0 bridgehead atoms. The highest BCUT2D eigenvalue weighted by atomic mass is 16.3. The summed E-state index contributed by atoms with van der Waals surface area (Å²) < 4.78 is 0. The summed E-state index contributed by atoms with van der Waals surface area (Å²) in [4.78, 5) is 23.8. The lowest BCUT2D eigenvalue weighted by Gasteiger charge is -2.04. The Balaban J connectivity index is 0.000000176. The van der Waals surface area contributed by atoms with Gasteiger partial charge in [0.05, 0.1) is 5.56 Å². The summed E-state index contributed by atoms with van der Waals surface area (Å²) in [6.45, 7) is 0. The third kappa shape index (κ3) is 5.58. The number of phenols is 3. The summed E-state index contributed by atoms with van der Waals surface area (Å²) in [5, 5.41) is 27.8. The zero-order valence-corrected chi connectivity index (χ0v) is 16.5. The first-order valence-electron chi connectivity index (χ1n) is 9.46. The van der Waals surface area contributed by atoms with E-state index in [0.717, 1.165) is 6.07 Å². The van der Waals surface area contributed by atoms with Crippen molar-refractivity contribution >= 4 is 11.6 Å². The monoisotopic (exact) mass is 412 g/mol. The number of ketones is 2. The van der Waals surface area contributed by atoms with Crippen molar-refractivity contribution in [3.05, 3.63) is 125 Å². The second-order valence-electron chi connectivity index (χ2n) is 6.64. The van der Waals surface area contributed by atoms with Crippen LogP contribution in [0.3, 0.4) is 0 Å². The zero-order chi connectivity index (χ0) is 22.2. The number of phenolic OH excluding ortho intramolecular Hbond substituents is 3. The number of carbonyl (C=O) groups excluding carboxylic acids is 2. The molecular formula is C26H20O5. The van der Waals surface area contributed by atoms with Crippen molar-refractivity contribution < 1.29 is 24.9 Å². The van der Waals surface area contributed by atoms with Gasteiger partial charge in [-0.1, -0.05) is 60.7 Å². The molecule has 0 aromatic heterocycles. The number of hydrogen-bond acceptors (Lipinski definition) is 5. The average Bonchev–Trinajstić information content (AvgIpc) is 2.80. The van der Waals surface area contributed by atoms with Crippen molar-refractivity contribution in [3.63, 3.8) is 0 Å². The largest absolute Gasteiger partial charge is 0.508 e. The number of aromatic hydroxyl groups is 3. The van der Waals surface area contributed by atoms with Crippen LogP contribution >= 0.6 is 0 Å². The first-order chi connectivity index (χ1) is 15.0. The summed E-state index contributed by atoms with van der Waals surface area (Å²) in [7, 11) is 0. The van der Waals surface area contributed by atoms with Gasteiger partial charge in [-0.25, -0.2) is 0 Å². The highest BCUT2D eigenvalue weighted by Crippen LogP contribution is 2.24. The lowest BCUT2D eigenvalue weighted by atomic mass is 10.0. The zero-order valence-electron chi connectivity index (χ0n) is 16.5. The Hall–Kier alpha value is -4.38. The van der Waals surface area contributed by atoms with E-state index in [-0.39, 0.29) is 34.4 Å². The van der Waals surface area contributed by atoms with E-state index in [1.807, 2.05) is 24.3 Å². The van der Waals surface area contributed by atoms with E-state index in [4.69, 9.17) is 10.2 Å². The molecule has 0 unspecified atom stereocenters. The van der Waals surface area contributed by atoms with E-state index in [9.17, 15) is 14.7 Å². The lowest BCUT2D eigenvalue weighted by Crippen LogP contribution is -2.00. The maximum Gasteiger partial charge on any atom is 0.196 e. The van der Waals surface area contributed by atoms with Gasteiger partial charge in [0.1, 0.15) is 17.2 Å². The van der Waals surface area contributed by atoms with Crippen LogP contribution in [0, 0.1) is 0 Å². The number of rotatable bonds is 4. The van der Waals surface area contributed by atoms with Crippen molar-refractivity contribution in [3.8, 4) is 17.2 Å². The molecule has 0 spiro atoms. The van der Waals surface area contributed by atoms with E-state index >= 15 is 0 Å². The van der Waals surface area contributed by atoms with Crippen LogP contribution in [-0.2, 0) is 0 Å². The summed E-state index contributed by atoms with van der Waals surface area (Å²) in [5.41, 5.74) is 1.93. The normalized spacial score (nSPS) is 9.94. The minimum Gasteiger partial charge on any atom is -0.508 e. The Labute approximate surface area is 179 Å². The van der Waals surface area contributed by atoms with E-state index in [1.165, 1.54) is 24.3 Å². The molecule has 0 fully saturated rings. The summed E-state index contributed by atoms with van der Waals surface area (Å²) >= 11 is 0. The molecule has 0 amide bonds. The molecule has 0 aliphatic heterocycles. The summed E-state index contributed by atoms with van der Waals surface area (Å²) in [6.07, 6.45) is 0. The second-order valence-corrected chi connectivity index (χ2v) is 6.64. The average molecular weight is 412 g/mol. The molecule has 4 rings (SSSR count). The van der Waals surface area contributed by atoms with Crippen LogP contribution in [0.15, 0.2) is 103 Å². The van der Waals surface area contributed by atoms with Gasteiger partial charge in [0.2, 0.25) is 0 Å². The van der Waals surface area contributed by atoms with Crippen LogP contribution in [0.25, 0.3) is 0 Å². The second kappa shape index (κ2) is 9.89. The SMILES string of the molecule is O=C(c1ccccc1)c1ccc(O)cc1.O=C(c1ccccc1)c1ccc(O)cc1O. The Kier molecular flexibility index (Phi) is 6.81. The summed E-state index contributed by atoms with van der Waals surface area (Å²) in [5.74, 6) is -0.413. The predicted octanol–water partition coefficient (Wildman–Crippen LogP) is 4.95. The highest BCUT2D eigenvalue weighted by molar-refractivity contribution is 6.10. The van der Waals surface area contributed by atoms with Crippen molar-refractivity contribution in [2.75, 3.05) is 0 Å². The molecule has 0 saturated heterocycles. The van der Waals surface area contributed by atoms with Crippen LogP contribution < -0.4 is 0 Å². The van der Waals surface area contributed by atoms with Crippen LogP contribution in [0.4, 0.5) is 0 Å². The van der Waals surface area contributed by atoms with Gasteiger partial charge >= 0.3 is 0 Å². The maximum atomic E-state index is 11.9. The van der Waals surface area contributed by atoms with Crippen molar-refractivity contribution in [2.24, 2.45) is 0 Å². The number of hydrogen-bond donors (Lipinski definition) is 3. The highest BCUT2D eigenvalue weighted by Gasteiger charge is 2.13. The van der Waals surface area contributed by atoms with Crippen molar-refractivity contribution in [2.45, 2.75) is 0 Å². The first-order valence-corrected chi connectivity index (χ1v) is 9.46. The van der Waals surface area contributed by atoms with Crippen LogP contribution in [0.2, 0.25) is 0 Å². The molecule has 4 aromatic carbocycles. The fourth-order valence-electron chi connectivity index (χ4n) is 2.83. The lowest BCUT2D eigenvalue weighted by molar-refractivity contribution is 0.102. The fourth-order valence-corrected chi connectivity index (χ4v) is 2.83. The molecule has 0 heterocycles. The van der Waals surface area contributed by atoms with Crippen LogP contribution in [0.1, 0.15) is 31.8 Å². The quantitative estimate of drug-likeness (QED) is 0.412. The van der Waals surface area contributed by atoms with Crippen LogP contribution in [0.5, 0.6) is 17.2 Å². The van der Waals surface area contributed by atoms with Gasteiger partial charge < -0.3 is 15.3 Å². The number of carbonyl (C=O) groups is 2. The van der Waals surface area contributed by atoms with Crippen molar-refractivity contribution in [1.82, 2.24) is 0 Å². The molecule has 3 N–H and O–H groups in total. The van der Waals surface area contributed by atoms with E-state index in [0.29, 0.717) is 16.7 Å². The van der Waals surface area contributed by atoms with Gasteiger partial charge in [-0.3, -0.25) is 9.59 Å². The van der Waals surface area contributed by atoms with E-state index < -0.39 is 0 Å². The molecule has 0 saturated carbocycles. The number of benzene rings is 4. The minimum atomic E-state index is -0.266. The first kappa shape index (κ1) is 21.3. The van der Waals surface area contributed by atoms with Gasteiger partial charge in [0.15, 0.2) is 11.6 Å². The standard InChI is InChI=1S/C13H10O3.C13H10O2/c14-10-6-7-11(12(15)8-10)13(16)9-4-2-1-3-5-9;14-12-8-6-11(7-9-12)13(15)10-4-2-1-3-5-10/h1-8,14-15H;1-9,14H. The Morgan fingerprint density at radius 3 is 1.45 bits per heavy atom. The third-order valence-corrected chi connectivity index (χ3v) is 4.43. The smallest absolute Gasteiger partial charge is 0.196 e. The Morgan fingerprint density at radius 1 is 0.484 bits per heavy atom. The van der Waals surface area contributed by atoms with Gasteiger partial charge in [0, 0.05) is 22.8 Å². The van der Waals surface area contributed by atoms with Crippen LogP contribution in [-0.4, -0.2) is 26.9 Å². The van der Waals surface area contributed by atoms with Gasteiger partial charge in [-0.05, 0) is 36.4 Å². The molecular weight excluding hydrogens is 392 g/mol. The fraction of sp³-hybridized carbons (Fsp3) is 0. The maximum absolute atomic E-state index is 11.9. The molecule has 0 atom stereocenters. The molecule has 5 nitrogen and oxygen atoms in total. The minimum absolute atomic E-state index is 0.0319. The Morgan fingerprint density at radius 2 is 0.935 bits per heavy atom. The molecule has 5 heteroatoms. The third-order valence-electron chi connectivity index (χ3n) is 4.43. The van der Waals surface area contributed by atoms with Crippen molar-refractivity contribution in [1.29, 1.82) is 0 Å². The molecule has 31 heavy (non-hydrogen) atoms. The molecule has 4 aromatic rings. The molecule has 0 radical (unpaired) electrons. The van der Waals surface area contributed by atoms with Gasteiger partial charge in [-0.15, -0.1) is 0 Å².